The van der Waals surface area contributed by atoms with Gasteiger partial charge in [-0.15, -0.1) is 0 Å². The Kier molecular flexibility index (Phi) is 4.79. The van der Waals surface area contributed by atoms with E-state index in [0.717, 1.165) is 0 Å². The summed E-state index contributed by atoms with van der Waals surface area (Å²) < 4.78 is 13.7. The molecular weight excluding hydrogens is 319 g/mol. The second kappa shape index (κ2) is 7.17. The molecule has 0 aliphatic heterocycles. The van der Waals surface area contributed by atoms with E-state index in [1.165, 1.54) is 17.0 Å². The van der Waals surface area contributed by atoms with Gasteiger partial charge in [0.2, 0.25) is 0 Å². The van der Waals surface area contributed by atoms with Crippen molar-refractivity contribution in [2.45, 2.75) is 13.0 Å². The number of benzene rings is 1. The smallest absolute Gasteiger partial charge is 0.273 e. The minimum absolute atomic E-state index is 0.285. The van der Waals surface area contributed by atoms with E-state index in [1.807, 2.05) is 12.1 Å². The van der Waals surface area contributed by atoms with Gasteiger partial charge in [0.15, 0.2) is 0 Å². The van der Waals surface area contributed by atoms with Crippen molar-refractivity contribution in [1.29, 1.82) is 0 Å². The molecule has 0 aliphatic carbocycles. The topological polar surface area (TPSA) is 59.0 Å². The molecule has 0 saturated heterocycles. The number of hydrogen-bond donors (Lipinski definition) is 0. The molecule has 2 aromatic heterocycles. The lowest BCUT2D eigenvalue weighted by Crippen LogP contribution is -2.33. The quantitative estimate of drug-likeness (QED) is 0.734. The van der Waals surface area contributed by atoms with E-state index in [9.17, 15) is 9.18 Å². The van der Waals surface area contributed by atoms with Gasteiger partial charge in [-0.1, -0.05) is 18.2 Å². The number of hydrogen-bond acceptors (Lipinski definition) is 4. The molecular formula is C19H17FN4O. The molecule has 0 spiro atoms. The van der Waals surface area contributed by atoms with Gasteiger partial charge in [0.25, 0.3) is 5.91 Å². The Hall–Kier alpha value is -3.15. The van der Waals surface area contributed by atoms with Gasteiger partial charge in [0.05, 0.1) is 11.7 Å². The Balaban J connectivity index is 2.03. The van der Waals surface area contributed by atoms with E-state index in [0.29, 0.717) is 17.1 Å². The molecule has 1 amide bonds. The van der Waals surface area contributed by atoms with Gasteiger partial charge in [0.1, 0.15) is 17.3 Å². The van der Waals surface area contributed by atoms with Crippen molar-refractivity contribution >= 4 is 5.91 Å². The molecule has 0 N–H and O–H groups in total. The summed E-state index contributed by atoms with van der Waals surface area (Å²) in [5.41, 5.74) is 1.57. The predicted octanol–water partition coefficient (Wildman–Crippen LogP) is 3.18. The molecule has 6 heteroatoms. The molecule has 0 aliphatic rings. The average molecular weight is 336 g/mol. The number of nitrogens with zero attached hydrogens (tertiary/aromatic N) is 4. The molecule has 1 atom stereocenters. The van der Waals surface area contributed by atoms with E-state index in [2.05, 4.69) is 15.0 Å². The molecule has 3 aromatic rings. The first-order valence-electron chi connectivity index (χ1n) is 7.79. The van der Waals surface area contributed by atoms with Crippen molar-refractivity contribution in [1.82, 2.24) is 19.9 Å². The Morgan fingerprint density at radius 3 is 2.60 bits per heavy atom. The standard InChI is InChI=1S/C19H17FN4O/c1-13-21-11-9-17(23-13)19(25)24(2)18(16-8-3-4-10-22-16)14-6-5-7-15(20)12-14/h3-12,18H,1-2H3. The van der Waals surface area contributed by atoms with Gasteiger partial charge in [-0.3, -0.25) is 9.78 Å². The van der Waals surface area contributed by atoms with Crippen LogP contribution in [0.25, 0.3) is 0 Å². The molecule has 126 valence electrons. The van der Waals surface area contributed by atoms with Crippen LogP contribution in [-0.4, -0.2) is 32.8 Å². The highest BCUT2D eigenvalue weighted by Crippen LogP contribution is 2.27. The third kappa shape index (κ3) is 3.68. The van der Waals surface area contributed by atoms with Crippen LogP contribution >= 0.6 is 0 Å². The van der Waals surface area contributed by atoms with Crippen LogP contribution in [0.5, 0.6) is 0 Å². The van der Waals surface area contributed by atoms with Crippen molar-refractivity contribution in [3.05, 3.63) is 89.5 Å². The first-order valence-corrected chi connectivity index (χ1v) is 7.79. The van der Waals surface area contributed by atoms with Crippen molar-refractivity contribution < 1.29 is 9.18 Å². The number of aromatic nitrogens is 3. The second-order valence-corrected chi connectivity index (χ2v) is 5.62. The number of aryl methyl sites for hydroxylation is 1. The van der Waals surface area contributed by atoms with E-state index < -0.39 is 6.04 Å². The lowest BCUT2D eigenvalue weighted by molar-refractivity contribution is 0.0746. The fraction of sp³-hybridized carbons (Fsp3) is 0.158. The van der Waals surface area contributed by atoms with Crippen LogP contribution in [0, 0.1) is 12.7 Å². The Morgan fingerprint density at radius 2 is 1.92 bits per heavy atom. The van der Waals surface area contributed by atoms with Gasteiger partial charge < -0.3 is 4.90 Å². The largest absolute Gasteiger partial charge is 0.328 e. The Labute approximate surface area is 145 Å². The SMILES string of the molecule is Cc1nccc(C(=O)N(C)C(c2cccc(F)c2)c2ccccn2)n1. The highest BCUT2D eigenvalue weighted by atomic mass is 19.1. The molecule has 0 radical (unpaired) electrons. The van der Waals surface area contributed by atoms with Crippen LogP contribution in [0.1, 0.15) is 33.6 Å². The van der Waals surface area contributed by atoms with Crippen LogP contribution < -0.4 is 0 Å². The zero-order valence-electron chi connectivity index (χ0n) is 13.9. The number of carbonyl (C=O) groups is 1. The van der Waals surface area contributed by atoms with Crippen molar-refractivity contribution in [2.75, 3.05) is 7.05 Å². The minimum atomic E-state index is -0.528. The Bertz CT molecular complexity index is 885. The lowest BCUT2D eigenvalue weighted by atomic mass is 10.0. The molecule has 2 heterocycles. The summed E-state index contributed by atoms with van der Waals surface area (Å²) in [5.74, 6) is -0.137. The highest BCUT2D eigenvalue weighted by Gasteiger charge is 2.26. The maximum Gasteiger partial charge on any atom is 0.273 e. The van der Waals surface area contributed by atoms with Crippen LogP contribution in [-0.2, 0) is 0 Å². The number of halogens is 1. The summed E-state index contributed by atoms with van der Waals surface area (Å²) in [6.45, 7) is 1.72. The highest BCUT2D eigenvalue weighted by molar-refractivity contribution is 5.92. The Morgan fingerprint density at radius 1 is 1.08 bits per heavy atom. The number of amides is 1. The molecule has 1 aromatic carbocycles. The summed E-state index contributed by atoms with van der Waals surface area (Å²) in [5, 5.41) is 0. The van der Waals surface area contributed by atoms with Crippen LogP contribution in [0.4, 0.5) is 4.39 Å². The first kappa shape index (κ1) is 16.7. The van der Waals surface area contributed by atoms with Crippen molar-refractivity contribution in [3.8, 4) is 0 Å². The van der Waals surface area contributed by atoms with Gasteiger partial charge in [-0.25, -0.2) is 14.4 Å². The van der Waals surface area contributed by atoms with Gasteiger partial charge in [-0.05, 0) is 42.8 Å². The number of carbonyl (C=O) groups excluding carboxylic acids is 1. The summed E-state index contributed by atoms with van der Waals surface area (Å²) in [7, 11) is 1.66. The monoisotopic (exact) mass is 336 g/mol. The van der Waals surface area contributed by atoms with Gasteiger partial charge in [-0.2, -0.15) is 0 Å². The van der Waals surface area contributed by atoms with Crippen molar-refractivity contribution in [2.24, 2.45) is 0 Å². The molecule has 0 saturated carbocycles. The number of rotatable bonds is 4. The van der Waals surface area contributed by atoms with Crippen LogP contribution in [0.15, 0.2) is 60.9 Å². The molecule has 0 fully saturated rings. The summed E-state index contributed by atoms with van der Waals surface area (Å²) >= 11 is 0. The maximum atomic E-state index is 13.7. The van der Waals surface area contributed by atoms with Crippen molar-refractivity contribution in [3.63, 3.8) is 0 Å². The normalized spacial score (nSPS) is 11.8. The second-order valence-electron chi connectivity index (χ2n) is 5.62. The molecule has 0 bridgehead atoms. The third-order valence-corrected chi connectivity index (χ3v) is 3.84. The molecule has 3 rings (SSSR count). The summed E-state index contributed by atoms with van der Waals surface area (Å²) in [6.07, 6.45) is 3.19. The maximum absolute atomic E-state index is 13.7. The number of pyridine rings is 1. The van der Waals surface area contributed by atoms with E-state index in [4.69, 9.17) is 0 Å². The fourth-order valence-corrected chi connectivity index (χ4v) is 2.68. The van der Waals surface area contributed by atoms with Gasteiger partial charge >= 0.3 is 0 Å². The summed E-state index contributed by atoms with van der Waals surface area (Å²) in [6, 6.07) is 12.6. The van der Waals surface area contributed by atoms with E-state index >= 15 is 0 Å². The van der Waals surface area contributed by atoms with Gasteiger partial charge in [0, 0.05) is 19.4 Å². The molecule has 1 unspecified atom stereocenters. The van der Waals surface area contributed by atoms with Crippen LogP contribution in [0.3, 0.4) is 0 Å². The summed E-state index contributed by atoms with van der Waals surface area (Å²) in [4.78, 5) is 26.9. The minimum Gasteiger partial charge on any atom is -0.328 e. The van der Waals surface area contributed by atoms with Crippen LogP contribution in [0.2, 0.25) is 0 Å². The zero-order chi connectivity index (χ0) is 17.8. The van der Waals surface area contributed by atoms with E-state index in [-0.39, 0.29) is 17.4 Å². The first-order chi connectivity index (χ1) is 12.1. The average Bonchev–Trinajstić information content (AvgIpc) is 2.62. The predicted molar refractivity (Wildman–Crippen MR) is 91.3 cm³/mol. The molecule has 5 nitrogen and oxygen atoms in total. The lowest BCUT2D eigenvalue weighted by Gasteiger charge is -2.28. The van der Waals surface area contributed by atoms with E-state index in [1.54, 1.807) is 50.6 Å². The molecule has 25 heavy (non-hydrogen) atoms. The third-order valence-electron chi connectivity index (χ3n) is 3.84. The fourth-order valence-electron chi connectivity index (χ4n) is 2.68. The zero-order valence-corrected chi connectivity index (χ0v) is 13.9.